The molecule has 92 valence electrons. The second-order valence-electron chi connectivity index (χ2n) is 4.66. The van der Waals surface area contributed by atoms with Gasteiger partial charge in [0.25, 0.3) is 0 Å². The van der Waals surface area contributed by atoms with Crippen molar-refractivity contribution in [2.75, 3.05) is 19.8 Å². The van der Waals surface area contributed by atoms with Crippen LogP contribution in [0.1, 0.15) is 25.7 Å². The van der Waals surface area contributed by atoms with Gasteiger partial charge < -0.3 is 20.5 Å². The molecule has 3 N–H and O–H groups in total. The molecule has 0 radical (unpaired) electrons. The Hall–Kier alpha value is -0.650. The van der Waals surface area contributed by atoms with Crippen molar-refractivity contribution in [1.29, 1.82) is 0 Å². The van der Waals surface area contributed by atoms with Gasteiger partial charge in [0.05, 0.1) is 12.6 Å². The zero-order chi connectivity index (χ0) is 11.4. The van der Waals surface area contributed by atoms with Crippen LogP contribution in [0, 0.1) is 0 Å². The summed E-state index contributed by atoms with van der Waals surface area (Å²) in [5.74, 6) is 0.0493. The lowest BCUT2D eigenvalue weighted by molar-refractivity contribution is -0.122. The number of nitrogens with one attached hydrogen (secondary N) is 2. The highest BCUT2D eigenvalue weighted by atomic mass is 16.5. The summed E-state index contributed by atoms with van der Waals surface area (Å²) < 4.78 is 5.22. The van der Waals surface area contributed by atoms with Crippen molar-refractivity contribution in [3.05, 3.63) is 0 Å². The van der Waals surface area contributed by atoms with Gasteiger partial charge in [0.2, 0.25) is 5.91 Å². The van der Waals surface area contributed by atoms with Gasteiger partial charge in [-0.2, -0.15) is 0 Å². The van der Waals surface area contributed by atoms with Crippen molar-refractivity contribution in [1.82, 2.24) is 10.6 Å². The molecule has 16 heavy (non-hydrogen) atoms. The van der Waals surface area contributed by atoms with Gasteiger partial charge in [0, 0.05) is 25.3 Å². The maximum absolute atomic E-state index is 11.6. The number of amides is 1. The van der Waals surface area contributed by atoms with Crippen LogP contribution in [0.15, 0.2) is 0 Å². The minimum absolute atomic E-state index is 0.0493. The summed E-state index contributed by atoms with van der Waals surface area (Å²) in [7, 11) is 0. The average molecular weight is 228 g/mol. The van der Waals surface area contributed by atoms with E-state index in [0.717, 1.165) is 38.9 Å². The molecule has 0 aromatic rings. The summed E-state index contributed by atoms with van der Waals surface area (Å²) in [4.78, 5) is 11.6. The zero-order valence-corrected chi connectivity index (χ0v) is 9.45. The highest BCUT2D eigenvalue weighted by molar-refractivity contribution is 5.78. The molecular weight excluding hydrogens is 208 g/mol. The largest absolute Gasteiger partial charge is 0.393 e. The third kappa shape index (κ3) is 3.43. The lowest BCUT2D eigenvalue weighted by atomic mass is 9.89. The third-order valence-corrected chi connectivity index (χ3v) is 3.25. The van der Waals surface area contributed by atoms with E-state index in [1.807, 2.05) is 0 Å². The molecule has 0 aromatic heterocycles. The van der Waals surface area contributed by atoms with E-state index in [1.165, 1.54) is 0 Å². The fourth-order valence-corrected chi connectivity index (χ4v) is 2.11. The van der Waals surface area contributed by atoms with Crippen LogP contribution >= 0.6 is 0 Å². The summed E-state index contributed by atoms with van der Waals surface area (Å²) in [5, 5.41) is 15.2. The Morgan fingerprint density at radius 1 is 1.25 bits per heavy atom. The van der Waals surface area contributed by atoms with Gasteiger partial charge in [-0.1, -0.05) is 0 Å². The van der Waals surface area contributed by atoms with Crippen molar-refractivity contribution in [2.45, 2.75) is 43.9 Å². The number of carbonyl (C=O) groups excluding carboxylic acids is 1. The molecule has 5 heteroatoms. The molecule has 2 fully saturated rings. The molecule has 1 aliphatic heterocycles. The standard InChI is InChI=1S/C11H20N2O3/c14-10-5-9(6-10)12-7-11(15)13-8-1-3-16-4-2-8/h8-10,12,14H,1-7H2,(H,13,15). The SMILES string of the molecule is O=C(CNC1CC(O)C1)NC1CCOCC1. The summed E-state index contributed by atoms with van der Waals surface area (Å²) in [6.45, 7) is 1.84. The highest BCUT2D eigenvalue weighted by Gasteiger charge is 2.27. The molecule has 1 amide bonds. The van der Waals surface area contributed by atoms with Gasteiger partial charge in [-0.05, 0) is 25.7 Å². The average Bonchev–Trinajstić information content (AvgIpc) is 2.24. The van der Waals surface area contributed by atoms with Crippen molar-refractivity contribution >= 4 is 5.91 Å². The van der Waals surface area contributed by atoms with Crippen molar-refractivity contribution in [3.63, 3.8) is 0 Å². The zero-order valence-electron chi connectivity index (χ0n) is 9.45. The topological polar surface area (TPSA) is 70.6 Å². The second kappa shape index (κ2) is 5.61. The van der Waals surface area contributed by atoms with Crippen LogP contribution < -0.4 is 10.6 Å². The van der Waals surface area contributed by atoms with Gasteiger partial charge in [0.15, 0.2) is 0 Å². The molecule has 0 spiro atoms. The first-order chi connectivity index (χ1) is 7.74. The first-order valence-corrected chi connectivity index (χ1v) is 6.02. The lowest BCUT2D eigenvalue weighted by Crippen LogP contribution is -2.49. The van der Waals surface area contributed by atoms with E-state index in [1.54, 1.807) is 0 Å². The number of hydrogen-bond donors (Lipinski definition) is 3. The van der Waals surface area contributed by atoms with Gasteiger partial charge in [0.1, 0.15) is 0 Å². The Balaban J connectivity index is 1.57. The number of rotatable bonds is 4. The smallest absolute Gasteiger partial charge is 0.234 e. The number of hydrogen-bond acceptors (Lipinski definition) is 4. The molecule has 1 heterocycles. The summed E-state index contributed by atoms with van der Waals surface area (Å²) >= 11 is 0. The lowest BCUT2D eigenvalue weighted by Gasteiger charge is -2.32. The molecule has 5 nitrogen and oxygen atoms in total. The fourth-order valence-electron chi connectivity index (χ4n) is 2.11. The predicted octanol–water partition coefficient (Wildman–Crippen LogP) is -0.605. The molecule has 2 aliphatic rings. The molecule has 0 unspecified atom stereocenters. The summed E-state index contributed by atoms with van der Waals surface area (Å²) in [6.07, 6.45) is 3.19. The van der Waals surface area contributed by atoms with E-state index in [9.17, 15) is 4.79 Å². The van der Waals surface area contributed by atoms with E-state index in [2.05, 4.69) is 10.6 Å². The predicted molar refractivity (Wildman–Crippen MR) is 59.0 cm³/mol. The Morgan fingerprint density at radius 2 is 1.94 bits per heavy atom. The van der Waals surface area contributed by atoms with Crippen molar-refractivity contribution < 1.29 is 14.6 Å². The van der Waals surface area contributed by atoms with E-state index >= 15 is 0 Å². The number of aliphatic hydroxyl groups excluding tert-OH is 1. The van der Waals surface area contributed by atoms with Gasteiger partial charge >= 0.3 is 0 Å². The molecule has 1 aliphatic carbocycles. The van der Waals surface area contributed by atoms with Crippen LogP contribution in [0.25, 0.3) is 0 Å². The molecule has 0 aromatic carbocycles. The number of carbonyl (C=O) groups is 1. The molecule has 0 atom stereocenters. The van der Waals surface area contributed by atoms with Crippen LogP contribution in [-0.2, 0) is 9.53 Å². The Kier molecular flexibility index (Phi) is 4.15. The number of aliphatic hydroxyl groups is 1. The van der Waals surface area contributed by atoms with Crippen molar-refractivity contribution in [2.24, 2.45) is 0 Å². The maximum Gasteiger partial charge on any atom is 0.234 e. The van der Waals surface area contributed by atoms with Gasteiger partial charge in [-0.15, -0.1) is 0 Å². The first kappa shape index (κ1) is 11.8. The fraction of sp³-hybridized carbons (Fsp3) is 0.909. The number of ether oxygens (including phenoxy) is 1. The van der Waals surface area contributed by atoms with Crippen LogP contribution in [0.3, 0.4) is 0 Å². The van der Waals surface area contributed by atoms with Crippen LogP contribution in [0.2, 0.25) is 0 Å². The van der Waals surface area contributed by atoms with E-state index < -0.39 is 0 Å². The second-order valence-corrected chi connectivity index (χ2v) is 4.66. The van der Waals surface area contributed by atoms with E-state index in [4.69, 9.17) is 9.84 Å². The van der Waals surface area contributed by atoms with Crippen molar-refractivity contribution in [3.8, 4) is 0 Å². The van der Waals surface area contributed by atoms with Gasteiger partial charge in [-0.25, -0.2) is 0 Å². The molecule has 1 saturated carbocycles. The molecule has 1 saturated heterocycles. The minimum atomic E-state index is -0.170. The van der Waals surface area contributed by atoms with E-state index in [-0.39, 0.29) is 18.1 Å². The van der Waals surface area contributed by atoms with E-state index in [0.29, 0.717) is 12.6 Å². The Bertz CT molecular complexity index is 235. The first-order valence-electron chi connectivity index (χ1n) is 6.02. The van der Waals surface area contributed by atoms with Crippen LogP contribution in [0.4, 0.5) is 0 Å². The highest BCUT2D eigenvalue weighted by Crippen LogP contribution is 2.18. The third-order valence-electron chi connectivity index (χ3n) is 3.25. The normalized spacial score (nSPS) is 30.8. The quantitative estimate of drug-likeness (QED) is 0.600. The van der Waals surface area contributed by atoms with Crippen LogP contribution in [0.5, 0.6) is 0 Å². The van der Waals surface area contributed by atoms with Gasteiger partial charge in [-0.3, -0.25) is 4.79 Å². The Labute approximate surface area is 95.5 Å². The molecule has 0 bridgehead atoms. The van der Waals surface area contributed by atoms with Crippen LogP contribution in [-0.4, -0.2) is 49.0 Å². The Morgan fingerprint density at radius 3 is 2.56 bits per heavy atom. The summed E-state index contributed by atoms with van der Waals surface area (Å²) in [5.41, 5.74) is 0. The molecule has 2 rings (SSSR count). The minimum Gasteiger partial charge on any atom is -0.393 e. The maximum atomic E-state index is 11.6. The monoisotopic (exact) mass is 228 g/mol. The summed E-state index contributed by atoms with van der Waals surface area (Å²) in [6, 6.07) is 0.588. The molecular formula is C11H20N2O3.